The molecule has 0 fully saturated rings. The summed E-state index contributed by atoms with van der Waals surface area (Å²) in [4.78, 5) is 12.0. The molecule has 1 aromatic carbocycles. The van der Waals surface area contributed by atoms with Crippen LogP contribution in [0.3, 0.4) is 0 Å². The molecule has 0 aliphatic carbocycles. The molecule has 2 atom stereocenters. The molecule has 0 heterocycles. The summed E-state index contributed by atoms with van der Waals surface area (Å²) in [5, 5.41) is 0.899. The second-order valence-electron chi connectivity index (χ2n) is 5.38. The van der Waals surface area contributed by atoms with Gasteiger partial charge in [-0.15, -0.1) is 0 Å². The summed E-state index contributed by atoms with van der Waals surface area (Å²) in [7, 11) is 0. The van der Waals surface area contributed by atoms with E-state index in [4.69, 9.17) is 32.7 Å². The fourth-order valence-corrected chi connectivity index (χ4v) is 2.48. The maximum absolute atomic E-state index is 12.0. The Morgan fingerprint density at radius 3 is 2.59 bits per heavy atom. The molecule has 0 aromatic heterocycles. The van der Waals surface area contributed by atoms with Crippen LogP contribution >= 0.6 is 23.2 Å². The zero-order valence-corrected chi connectivity index (χ0v) is 14.9. The lowest BCUT2D eigenvalue weighted by molar-refractivity contribution is -0.152. The van der Waals surface area contributed by atoms with Gasteiger partial charge in [0.15, 0.2) is 6.10 Å². The zero-order chi connectivity index (χ0) is 16.5. The van der Waals surface area contributed by atoms with Crippen LogP contribution in [0, 0.1) is 5.92 Å². The van der Waals surface area contributed by atoms with E-state index in [1.54, 1.807) is 25.1 Å². The van der Waals surface area contributed by atoms with Crippen molar-refractivity contribution in [1.29, 1.82) is 0 Å². The molecule has 1 rings (SSSR count). The third kappa shape index (κ3) is 6.45. The van der Waals surface area contributed by atoms with E-state index in [-0.39, 0.29) is 5.97 Å². The topological polar surface area (TPSA) is 35.5 Å². The minimum atomic E-state index is -0.706. The monoisotopic (exact) mass is 346 g/mol. The van der Waals surface area contributed by atoms with E-state index in [1.165, 1.54) is 0 Å². The number of halogens is 2. The molecule has 0 bridgehead atoms. The number of hydrogen-bond donors (Lipinski definition) is 0. The van der Waals surface area contributed by atoms with Gasteiger partial charge in [0.05, 0.1) is 11.6 Å². The van der Waals surface area contributed by atoms with Gasteiger partial charge < -0.3 is 9.47 Å². The van der Waals surface area contributed by atoms with Crippen molar-refractivity contribution < 1.29 is 14.3 Å². The summed E-state index contributed by atoms with van der Waals surface area (Å²) in [5.41, 5.74) is 0. The molecule has 3 nitrogen and oxygen atoms in total. The third-order valence-electron chi connectivity index (χ3n) is 3.53. The van der Waals surface area contributed by atoms with Gasteiger partial charge in [0.2, 0.25) is 0 Å². The van der Waals surface area contributed by atoms with Crippen LogP contribution in [0.25, 0.3) is 0 Å². The predicted molar refractivity (Wildman–Crippen MR) is 90.8 cm³/mol. The van der Waals surface area contributed by atoms with Gasteiger partial charge in [-0.3, -0.25) is 0 Å². The molecule has 5 heteroatoms. The number of carbonyl (C=O) groups excluding carboxylic acids is 1. The summed E-state index contributed by atoms with van der Waals surface area (Å²) in [6.45, 7) is 6.36. The lowest BCUT2D eigenvalue weighted by Crippen LogP contribution is -2.28. The number of hydrogen-bond acceptors (Lipinski definition) is 3. The number of ether oxygens (including phenoxy) is 2. The maximum atomic E-state index is 12.0. The van der Waals surface area contributed by atoms with Crippen LogP contribution in [-0.4, -0.2) is 18.7 Å². The minimum Gasteiger partial charge on any atom is -0.477 e. The molecule has 0 saturated heterocycles. The van der Waals surface area contributed by atoms with Crippen LogP contribution in [0.15, 0.2) is 18.2 Å². The Bertz CT molecular complexity index is 477. The first-order valence-corrected chi connectivity index (χ1v) is 8.51. The largest absolute Gasteiger partial charge is 0.477 e. The summed E-state index contributed by atoms with van der Waals surface area (Å²) in [5.74, 6) is 0.463. The van der Waals surface area contributed by atoms with E-state index in [1.807, 2.05) is 0 Å². The van der Waals surface area contributed by atoms with Crippen molar-refractivity contribution in [1.82, 2.24) is 0 Å². The summed E-state index contributed by atoms with van der Waals surface area (Å²) >= 11 is 11.9. The minimum absolute atomic E-state index is 0.374. The van der Waals surface area contributed by atoms with Crippen molar-refractivity contribution in [3.63, 3.8) is 0 Å². The molecule has 2 unspecified atom stereocenters. The Morgan fingerprint density at radius 1 is 1.27 bits per heavy atom. The number of benzene rings is 1. The van der Waals surface area contributed by atoms with Crippen LogP contribution in [0.5, 0.6) is 5.75 Å². The van der Waals surface area contributed by atoms with Gasteiger partial charge in [-0.1, -0.05) is 56.3 Å². The van der Waals surface area contributed by atoms with Crippen molar-refractivity contribution in [2.45, 2.75) is 52.6 Å². The van der Waals surface area contributed by atoms with Crippen LogP contribution in [-0.2, 0) is 9.53 Å². The average molecular weight is 347 g/mol. The molecule has 22 heavy (non-hydrogen) atoms. The smallest absolute Gasteiger partial charge is 0.347 e. The number of carbonyl (C=O) groups is 1. The molecule has 1 aromatic rings. The first-order chi connectivity index (χ1) is 10.5. The number of rotatable bonds is 9. The van der Waals surface area contributed by atoms with Gasteiger partial charge >= 0.3 is 5.97 Å². The fraction of sp³-hybridized carbons (Fsp3) is 0.588. The Kier molecular flexibility index (Phi) is 8.66. The highest BCUT2D eigenvalue weighted by molar-refractivity contribution is 6.35. The zero-order valence-electron chi connectivity index (χ0n) is 13.4. The SMILES string of the molecule is CCCCC(CC)COC(=O)C(C)Oc1ccc(Cl)cc1Cl. The lowest BCUT2D eigenvalue weighted by atomic mass is 10.0. The first kappa shape index (κ1) is 19.1. The number of esters is 1. The quantitative estimate of drug-likeness (QED) is 0.552. The van der Waals surface area contributed by atoms with Crippen molar-refractivity contribution in [2.75, 3.05) is 6.61 Å². The summed E-state index contributed by atoms with van der Waals surface area (Å²) in [6.07, 6.45) is 3.69. The van der Waals surface area contributed by atoms with E-state index in [9.17, 15) is 4.79 Å². The average Bonchev–Trinajstić information content (AvgIpc) is 2.49. The lowest BCUT2D eigenvalue weighted by Gasteiger charge is -2.18. The van der Waals surface area contributed by atoms with Crippen LogP contribution in [0.2, 0.25) is 10.0 Å². The van der Waals surface area contributed by atoms with Crippen LogP contribution < -0.4 is 4.74 Å². The molecule has 0 aliphatic rings. The Balaban J connectivity index is 2.47. The van der Waals surface area contributed by atoms with Crippen LogP contribution in [0.4, 0.5) is 0 Å². The Morgan fingerprint density at radius 2 is 2.00 bits per heavy atom. The van der Waals surface area contributed by atoms with Gasteiger partial charge in [-0.2, -0.15) is 0 Å². The molecule has 0 N–H and O–H groups in total. The standard InChI is InChI=1S/C17H24Cl2O3/c1-4-6-7-13(5-2)11-21-17(20)12(3)22-16-9-8-14(18)10-15(16)19/h8-10,12-13H,4-7,11H2,1-3H3. The van der Waals surface area contributed by atoms with Crippen LogP contribution in [0.1, 0.15) is 46.5 Å². The summed E-state index contributed by atoms with van der Waals surface area (Å²) < 4.78 is 10.9. The van der Waals surface area contributed by atoms with Gasteiger partial charge in [0, 0.05) is 5.02 Å². The second-order valence-corrected chi connectivity index (χ2v) is 6.23. The fourth-order valence-electron chi connectivity index (χ4n) is 2.02. The highest BCUT2D eigenvalue weighted by Gasteiger charge is 2.19. The first-order valence-electron chi connectivity index (χ1n) is 7.76. The predicted octanol–water partition coefficient (Wildman–Crippen LogP) is 5.52. The van der Waals surface area contributed by atoms with E-state index in [0.29, 0.717) is 28.3 Å². The van der Waals surface area contributed by atoms with Gasteiger partial charge in [0.1, 0.15) is 5.75 Å². The Labute approximate surface area is 142 Å². The Hall–Kier alpha value is -0.930. The van der Waals surface area contributed by atoms with Gasteiger partial charge in [-0.05, 0) is 37.5 Å². The maximum Gasteiger partial charge on any atom is 0.347 e. The van der Waals surface area contributed by atoms with E-state index in [0.717, 1.165) is 25.7 Å². The van der Waals surface area contributed by atoms with E-state index >= 15 is 0 Å². The molecule has 0 radical (unpaired) electrons. The third-order valence-corrected chi connectivity index (χ3v) is 4.06. The molecule has 0 spiro atoms. The van der Waals surface area contributed by atoms with Crippen molar-refractivity contribution in [3.05, 3.63) is 28.2 Å². The van der Waals surface area contributed by atoms with Gasteiger partial charge in [0.25, 0.3) is 0 Å². The highest BCUT2D eigenvalue weighted by atomic mass is 35.5. The van der Waals surface area contributed by atoms with Crippen molar-refractivity contribution in [2.24, 2.45) is 5.92 Å². The van der Waals surface area contributed by atoms with Crippen molar-refractivity contribution in [3.8, 4) is 5.75 Å². The molecule has 124 valence electrons. The second kappa shape index (κ2) is 9.96. The van der Waals surface area contributed by atoms with Gasteiger partial charge in [-0.25, -0.2) is 4.79 Å². The number of unbranched alkanes of at least 4 members (excludes halogenated alkanes) is 1. The van der Waals surface area contributed by atoms with Crippen molar-refractivity contribution >= 4 is 29.2 Å². The van der Waals surface area contributed by atoms with E-state index < -0.39 is 6.10 Å². The van der Waals surface area contributed by atoms with E-state index in [2.05, 4.69) is 13.8 Å². The highest BCUT2D eigenvalue weighted by Crippen LogP contribution is 2.28. The molecular weight excluding hydrogens is 323 g/mol. The molecule has 0 amide bonds. The summed E-state index contributed by atoms with van der Waals surface area (Å²) in [6, 6.07) is 4.89. The molecular formula is C17H24Cl2O3. The molecule has 0 aliphatic heterocycles. The molecule has 0 saturated carbocycles. The normalized spacial score (nSPS) is 13.5.